The number of sulfonamides is 1. The highest BCUT2D eigenvalue weighted by atomic mass is 32.2. The summed E-state index contributed by atoms with van der Waals surface area (Å²) in [5.41, 5.74) is 0.775. The van der Waals surface area contributed by atoms with Gasteiger partial charge in [0.1, 0.15) is 11.4 Å². The van der Waals surface area contributed by atoms with Crippen molar-refractivity contribution < 1.29 is 13.2 Å². The van der Waals surface area contributed by atoms with E-state index >= 15 is 0 Å². The lowest BCUT2D eigenvalue weighted by Gasteiger charge is -2.28. The molecule has 0 saturated carbocycles. The highest BCUT2D eigenvalue weighted by Crippen LogP contribution is 2.29. The molecule has 2 unspecified atom stereocenters. The first-order chi connectivity index (χ1) is 7.98. The van der Waals surface area contributed by atoms with Crippen molar-refractivity contribution in [2.24, 2.45) is 5.14 Å². The van der Waals surface area contributed by atoms with Gasteiger partial charge in [-0.25, -0.2) is 23.5 Å². The fourth-order valence-corrected chi connectivity index (χ4v) is 2.98. The Labute approximate surface area is 100 Å². The molecule has 1 aromatic heterocycles. The van der Waals surface area contributed by atoms with E-state index in [1.165, 1.54) is 0 Å². The van der Waals surface area contributed by atoms with Crippen LogP contribution in [0.1, 0.15) is 30.5 Å². The van der Waals surface area contributed by atoms with Gasteiger partial charge >= 0.3 is 0 Å². The second-order valence-electron chi connectivity index (χ2n) is 4.12. The molecule has 0 spiro atoms. The summed E-state index contributed by atoms with van der Waals surface area (Å²) in [4.78, 5) is 8.28. The van der Waals surface area contributed by atoms with Gasteiger partial charge in [0, 0.05) is 18.5 Å². The lowest BCUT2D eigenvalue weighted by molar-refractivity contribution is 0.0124. The third-order valence-electron chi connectivity index (χ3n) is 2.76. The number of hydrogen-bond donors (Lipinski definition) is 1. The summed E-state index contributed by atoms with van der Waals surface area (Å²) < 4.78 is 28.5. The van der Waals surface area contributed by atoms with Gasteiger partial charge in [0.25, 0.3) is 0 Å². The SMILES string of the molecule is Cc1ccnc(C2OCCCC2S(N)(=O)=O)n1. The van der Waals surface area contributed by atoms with E-state index in [4.69, 9.17) is 9.88 Å². The Morgan fingerprint density at radius 1 is 1.53 bits per heavy atom. The Morgan fingerprint density at radius 3 is 2.94 bits per heavy atom. The number of hydrogen-bond acceptors (Lipinski definition) is 5. The molecule has 1 aliphatic heterocycles. The first-order valence-electron chi connectivity index (χ1n) is 5.41. The summed E-state index contributed by atoms with van der Waals surface area (Å²) in [6.07, 6.45) is 2.11. The van der Waals surface area contributed by atoms with Crippen LogP contribution in [0.5, 0.6) is 0 Å². The molecule has 1 fully saturated rings. The lowest BCUT2D eigenvalue weighted by Crippen LogP contribution is -2.39. The molecular formula is C10H15N3O3S. The first-order valence-corrected chi connectivity index (χ1v) is 7.02. The smallest absolute Gasteiger partial charge is 0.215 e. The Kier molecular flexibility index (Phi) is 3.41. The van der Waals surface area contributed by atoms with Gasteiger partial charge in [-0.1, -0.05) is 0 Å². The van der Waals surface area contributed by atoms with Crippen molar-refractivity contribution in [3.8, 4) is 0 Å². The van der Waals surface area contributed by atoms with Gasteiger partial charge in [-0.15, -0.1) is 0 Å². The van der Waals surface area contributed by atoms with Crippen LogP contribution in [-0.4, -0.2) is 30.2 Å². The largest absolute Gasteiger partial charge is 0.369 e. The van der Waals surface area contributed by atoms with Crippen LogP contribution in [0.3, 0.4) is 0 Å². The van der Waals surface area contributed by atoms with E-state index < -0.39 is 21.4 Å². The van der Waals surface area contributed by atoms with Crippen LogP contribution in [-0.2, 0) is 14.8 Å². The summed E-state index contributed by atoms with van der Waals surface area (Å²) in [5.74, 6) is 0.392. The third-order valence-corrected chi connectivity index (χ3v) is 4.08. The molecule has 7 heteroatoms. The van der Waals surface area contributed by atoms with E-state index in [-0.39, 0.29) is 0 Å². The van der Waals surface area contributed by atoms with Crippen LogP contribution in [0.25, 0.3) is 0 Å². The minimum atomic E-state index is -3.64. The fourth-order valence-electron chi connectivity index (χ4n) is 1.94. The average molecular weight is 257 g/mol. The van der Waals surface area contributed by atoms with Crippen molar-refractivity contribution in [1.29, 1.82) is 0 Å². The van der Waals surface area contributed by atoms with Crippen LogP contribution < -0.4 is 5.14 Å². The highest BCUT2D eigenvalue weighted by molar-refractivity contribution is 7.89. The molecule has 6 nitrogen and oxygen atoms in total. The summed E-state index contributed by atoms with van der Waals surface area (Å²) in [7, 11) is -3.64. The zero-order valence-corrected chi connectivity index (χ0v) is 10.4. The molecule has 0 amide bonds. The van der Waals surface area contributed by atoms with E-state index in [0.29, 0.717) is 25.3 Å². The second-order valence-corrected chi connectivity index (χ2v) is 5.90. The van der Waals surface area contributed by atoms with Crippen molar-refractivity contribution in [2.75, 3.05) is 6.61 Å². The number of aryl methyl sites for hydroxylation is 1. The van der Waals surface area contributed by atoms with E-state index in [1.807, 2.05) is 6.92 Å². The van der Waals surface area contributed by atoms with Crippen molar-refractivity contribution in [3.63, 3.8) is 0 Å². The number of nitrogens with two attached hydrogens (primary N) is 1. The van der Waals surface area contributed by atoms with Gasteiger partial charge < -0.3 is 4.74 Å². The normalized spacial score (nSPS) is 25.8. The molecule has 2 rings (SSSR count). The predicted octanol–water partition coefficient (Wildman–Crippen LogP) is 0.294. The van der Waals surface area contributed by atoms with Crippen LogP contribution in [0, 0.1) is 6.92 Å². The van der Waals surface area contributed by atoms with Crippen molar-refractivity contribution in [1.82, 2.24) is 9.97 Å². The van der Waals surface area contributed by atoms with E-state index in [9.17, 15) is 8.42 Å². The topological polar surface area (TPSA) is 95.2 Å². The molecule has 1 aliphatic rings. The van der Waals surface area contributed by atoms with Gasteiger partial charge in [0.2, 0.25) is 10.0 Å². The summed E-state index contributed by atoms with van der Waals surface area (Å²) in [5, 5.41) is 4.46. The van der Waals surface area contributed by atoms with E-state index in [1.54, 1.807) is 12.3 Å². The third kappa shape index (κ3) is 2.80. The number of rotatable bonds is 2. The Morgan fingerprint density at radius 2 is 2.29 bits per heavy atom. The Balaban J connectivity index is 2.34. The molecule has 1 aromatic rings. The standard InChI is InChI=1S/C10H15N3O3S/c1-7-4-5-12-10(13-7)9-8(17(11,14)15)3-2-6-16-9/h4-5,8-9H,2-3,6H2,1H3,(H2,11,14,15). The monoisotopic (exact) mass is 257 g/mol. The molecule has 2 atom stereocenters. The summed E-state index contributed by atoms with van der Waals surface area (Å²) in [6.45, 7) is 2.33. The first kappa shape index (κ1) is 12.4. The molecule has 0 radical (unpaired) electrons. The molecular weight excluding hydrogens is 242 g/mol. The fraction of sp³-hybridized carbons (Fsp3) is 0.600. The molecule has 0 aromatic carbocycles. The van der Waals surface area contributed by atoms with Crippen LogP contribution in [0.2, 0.25) is 0 Å². The number of nitrogens with zero attached hydrogens (tertiary/aromatic N) is 2. The van der Waals surface area contributed by atoms with Crippen molar-refractivity contribution in [2.45, 2.75) is 31.1 Å². The van der Waals surface area contributed by atoms with Crippen LogP contribution in [0.15, 0.2) is 12.3 Å². The molecule has 2 N–H and O–H groups in total. The highest BCUT2D eigenvalue weighted by Gasteiger charge is 2.37. The maximum atomic E-state index is 11.5. The van der Waals surface area contributed by atoms with Gasteiger partial charge in [0.05, 0.1) is 0 Å². The maximum Gasteiger partial charge on any atom is 0.215 e. The molecule has 0 bridgehead atoms. The maximum absolute atomic E-state index is 11.5. The van der Waals surface area contributed by atoms with Crippen molar-refractivity contribution in [3.05, 3.63) is 23.8 Å². The number of primary sulfonamides is 1. The second kappa shape index (κ2) is 4.67. The quantitative estimate of drug-likeness (QED) is 0.821. The van der Waals surface area contributed by atoms with Gasteiger partial charge in [0.15, 0.2) is 5.82 Å². The van der Waals surface area contributed by atoms with Crippen LogP contribution in [0.4, 0.5) is 0 Å². The Hall–Kier alpha value is -1.05. The van der Waals surface area contributed by atoms with E-state index in [2.05, 4.69) is 9.97 Å². The van der Waals surface area contributed by atoms with Gasteiger partial charge in [-0.3, -0.25) is 0 Å². The molecule has 1 saturated heterocycles. The van der Waals surface area contributed by atoms with Crippen molar-refractivity contribution >= 4 is 10.0 Å². The molecule has 2 heterocycles. The minimum Gasteiger partial charge on any atom is -0.369 e. The van der Waals surface area contributed by atoms with E-state index in [0.717, 1.165) is 5.69 Å². The minimum absolute atomic E-state index is 0.392. The number of ether oxygens (including phenoxy) is 1. The summed E-state index contributed by atoms with van der Waals surface area (Å²) in [6, 6.07) is 1.75. The zero-order valence-electron chi connectivity index (χ0n) is 9.54. The number of aromatic nitrogens is 2. The average Bonchev–Trinajstić information content (AvgIpc) is 2.28. The van der Waals surface area contributed by atoms with Gasteiger partial charge in [-0.2, -0.15) is 0 Å². The predicted molar refractivity (Wildman–Crippen MR) is 61.6 cm³/mol. The molecule has 17 heavy (non-hydrogen) atoms. The molecule has 94 valence electrons. The molecule has 0 aliphatic carbocycles. The summed E-state index contributed by atoms with van der Waals surface area (Å²) >= 11 is 0. The van der Waals surface area contributed by atoms with Crippen LogP contribution >= 0.6 is 0 Å². The lowest BCUT2D eigenvalue weighted by atomic mass is 10.1. The van der Waals surface area contributed by atoms with Gasteiger partial charge in [-0.05, 0) is 25.8 Å². The Bertz CT molecular complexity index is 503. The zero-order chi connectivity index (χ0) is 12.5.